The number of hydrogen-bond acceptors (Lipinski definition) is 3. The van der Waals surface area contributed by atoms with Gasteiger partial charge in [0.1, 0.15) is 11.9 Å². The van der Waals surface area contributed by atoms with Crippen LogP contribution in [0.15, 0.2) is 54.6 Å². The molecule has 24 heavy (non-hydrogen) atoms. The van der Waals surface area contributed by atoms with E-state index in [0.29, 0.717) is 5.56 Å². The van der Waals surface area contributed by atoms with Crippen LogP contribution in [0.3, 0.4) is 0 Å². The van der Waals surface area contributed by atoms with E-state index in [1.807, 2.05) is 30.3 Å². The molecule has 3 nitrogen and oxygen atoms in total. The molecule has 0 unspecified atom stereocenters. The SMILES string of the molecule is Cl.O=C(OC1CCN(Cc2ccc(F)cc2)CC1)c1ccccc1. The van der Waals surface area contributed by atoms with E-state index in [0.717, 1.165) is 38.0 Å². The molecule has 5 heteroatoms. The normalized spacial score (nSPS) is 15.5. The summed E-state index contributed by atoms with van der Waals surface area (Å²) in [5.41, 5.74) is 1.70. The Hall–Kier alpha value is -1.91. The minimum absolute atomic E-state index is 0. The highest BCUT2D eigenvalue weighted by Crippen LogP contribution is 2.18. The lowest BCUT2D eigenvalue weighted by molar-refractivity contribution is 0.0104. The number of esters is 1. The number of carbonyl (C=O) groups is 1. The second kappa shape index (κ2) is 8.81. The minimum Gasteiger partial charge on any atom is -0.459 e. The maximum Gasteiger partial charge on any atom is 0.338 e. The quantitative estimate of drug-likeness (QED) is 0.779. The van der Waals surface area contributed by atoms with Crippen molar-refractivity contribution < 1.29 is 13.9 Å². The van der Waals surface area contributed by atoms with Crippen molar-refractivity contribution in [1.29, 1.82) is 0 Å². The fourth-order valence-electron chi connectivity index (χ4n) is 2.83. The minimum atomic E-state index is -0.248. The predicted molar refractivity (Wildman–Crippen MR) is 93.8 cm³/mol. The summed E-state index contributed by atoms with van der Waals surface area (Å²) in [7, 11) is 0. The third-order valence-electron chi connectivity index (χ3n) is 4.14. The molecule has 0 atom stereocenters. The van der Waals surface area contributed by atoms with Crippen LogP contribution in [-0.2, 0) is 11.3 Å². The molecule has 1 fully saturated rings. The predicted octanol–water partition coefficient (Wildman–Crippen LogP) is 4.07. The molecular formula is C19H21ClFNO2. The van der Waals surface area contributed by atoms with Gasteiger partial charge in [0.2, 0.25) is 0 Å². The summed E-state index contributed by atoms with van der Waals surface area (Å²) in [6.45, 7) is 2.56. The van der Waals surface area contributed by atoms with E-state index in [2.05, 4.69) is 4.90 Å². The lowest BCUT2D eigenvalue weighted by atomic mass is 10.1. The summed E-state index contributed by atoms with van der Waals surface area (Å²) < 4.78 is 18.5. The molecule has 3 rings (SSSR count). The highest BCUT2D eigenvalue weighted by molar-refractivity contribution is 5.89. The number of hydrogen-bond donors (Lipinski definition) is 0. The summed E-state index contributed by atoms with van der Waals surface area (Å²) in [6, 6.07) is 15.7. The van der Waals surface area contributed by atoms with Crippen LogP contribution in [0.2, 0.25) is 0 Å². The lowest BCUT2D eigenvalue weighted by Crippen LogP contribution is -2.37. The molecular weight excluding hydrogens is 329 g/mol. The van der Waals surface area contributed by atoms with Crippen molar-refractivity contribution in [2.45, 2.75) is 25.5 Å². The first-order chi connectivity index (χ1) is 11.2. The summed E-state index contributed by atoms with van der Waals surface area (Å²) in [4.78, 5) is 14.4. The monoisotopic (exact) mass is 349 g/mol. The highest BCUT2D eigenvalue weighted by Gasteiger charge is 2.22. The van der Waals surface area contributed by atoms with Crippen molar-refractivity contribution in [3.05, 3.63) is 71.5 Å². The van der Waals surface area contributed by atoms with Crippen molar-refractivity contribution >= 4 is 18.4 Å². The van der Waals surface area contributed by atoms with Gasteiger partial charge in [0.05, 0.1) is 5.56 Å². The number of ether oxygens (including phenoxy) is 1. The van der Waals surface area contributed by atoms with Gasteiger partial charge in [-0.3, -0.25) is 4.90 Å². The van der Waals surface area contributed by atoms with Crippen molar-refractivity contribution in [2.24, 2.45) is 0 Å². The summed E-state index contributed by atoms with van der Waals surface area (Å²) in [5.74, 6) is -0.456. The van der Waals surface area contributed by atoms with E-state index < -0.39 is 0 Å². The molecule has 1 aliphatic rings. The lowest BCUT2D eigenvalue weighted by Gasteiger charge is -2.31. The second-order valence-corrected chi connectivity index (χ2v) is 5.87. The van der Waals surface area contributed by atoms with E-state index in [9.17, 15) is 9.18 Å². The Morgan fingerprint density at radius 1 is 1.04 bits per heavy atom. The Balaban J connectivity index is 0.00000208. The van der Waals surface area contributed by atoms with Gasteiger partial charge in [0, 0.05) is 19.6 Å². The second-order valence-electron chi connectivity index (χ2n) is 5.87. The molecule has 0 bridgehead atoms. The first-order valence-electron chi connectivity index (χ1n) is 7.93. The van der Waals surface area contributed by atoms with E-state index in [4.69, 9.17) is 4.74 Å². The molecule has 0 aromatic heterocycles. The maximum atomic E-state index is 12.9. The van der Waals surface area contributed by atoms with Crippen LogP contribution >= 0.6 is 12.4 Å². The largest absolute Gasteiger partial charge is 0.459 e. The molecule has 128 valence electrons. The topological polar surface area (TPSA) is 29.5 Å². The first kappa shape index (κ1) is 18.4. The van der Waals surface area contributed by atoms with E-state index in [1.165, 1.54) is 12.1 Å². The first-order valence-corrected chi connectivity index (χ1v) is 7.93. The number of benzene rings is 2. The van der Waals surface area contributed by atoms with Crippen LogP contribution in [0.1, 0.15) is 28.8 Å². The molecule has 1 aliphatic heterocycles. The zero-order valence-electron chi connectivity index (χ0n) is 13.4. The zero-order valence-corrected chi connectivity index (χ0v) is 14.2. The molecule has 2 aromatic rings. The van der Waals surface area contributed by atoms with Crippen LogP contribution in [0.25, 0.3) is 0 Å². The Morgan fingerprint density at radius 3 is 2.29 bits per heavy atom. The van der Waals surface area contributed by atoms with Crippen molar-refractivity contribution in [3.63, 3.8) is 0 Å². The van der Waals surface area contributed by atoms with Crippen LogP contribution in [-0.4, -0.2) is 30.1 Å². The molecule has 0 aliphatic carbocycles. The van der Waals surface area contributed by atoms with Crippen molar-refractivity contribution in [2.75, 3.05) is 13.1 Å². The van der Waals surface area contributed by atoms with E-state index >= 15 is 0 Å². The summed E-state index contributed by atoms with van der Waals surface area (Å²) in [5, 5.41) is 0. The Labute approximate surface area is 147 Å². The molecule has 2 aromatic carbocycles. The van der Waals surface area contributed by atoms with Gasteiger partial charge >= 0.3 is 5.97 Å². The molecule has 0 N–H and O–H groups in total. The van der Waals surface area contributed by atoms with Gasteiger partial charge in [-0.05, 0) is 42.7 Å². The van der Waals surface area contributed by atoms with Gasteiger partial charge < -0.3 is 4.74 Å². The molecule has 0 spiro atoms. The number of piperidine rings is 1. The molecule has 0 saturated carbocycles. The van der Waals surface area contributed by atoms with E-state index in [1.54, 1.807) is 12.1 Å². The van der Waals surface area contributed by atoms with Gasteiger partial charge in [-0.2, -0.15) is 0 Å². The van der Waals surface area contributed by atoms with Crippen molar-refractivity contribution in [1.82, 2.24) is 4.90 Å². The summed E-state index contributed by atoms with van der Waals surface area (Å²) >= 11 is 0. The molecule has 1 heterocycles. The van der Waals surface area contributed by atoms with Gasteiger partial charge in [0.25, 0.3) is 0 Å². The number of halogens is 2. The third kappa shape index (κ3) is 5.05. The Kier molecular flexibility index (Phi) is 6.76. The fourth-order valence-corrected chi connectivity index (χ4v) is 2.83. The zero-order chi connectivity index (χ0) is 16.1. The number of likely N-dealkylation sites (tertiary alicyclic amines) is 1. The van der Waals surface area contributed by atoms with Gasteiger partial charge in [-0.15, -0.1) is 12.4 Å². The smallest absolute Gasteiger partial charge is 0.338 e. The molecule has 0 radical (unpaired) electrons. The van der Waals surface area contributed by atoms with Gasteiger partial charge in [-0.25, -0.2) is 9.18 Å². The number of nitrogens with zero attached hydrogens (tertiary/aromatic N) is 1. The fraction of sp³-hybridized carbons (Fsp3) is 0.316. The Bertz CT molecular complexity index is 640. The van der Waals surface area contributed by atoms with Crippen LogP contribution in [0.5, 0.6) is 0 Å². The van der Waals surface area contributed by atoms with Crippen LogP contribution in [0, 0.1) is 5.82 Å². The average molecular weight is 350 g/mol. The molecule has 1 saturated heterocycles. The third-order valence-corrected chi connectivity index (χ3v) is 4.14. The standard InChI is InChI=1S/C19H20FNO2.ClH/c20-17-8-6-15(7-9-17)14-21-12-10-18(11-13-21)23-19(22)16-4-2-1-3-5-16;/h1-9,18H,10-14H2;1H. The average Bonchev–Trinajstić information content (AvgIpc) is 2.59. The van der Waals surface area contributed by atoms with E-state index in [-0.39, 0.29) is 30.3 Å². The van der Waals surface area contributed by atoms with Crippen LogP contribution < -0.4 is 0 Å². The van der Waals surface area contributed by atoms with Gasteiger partial charge in [-0.1, -0.05) is 30.3 Å². The van der Waals surface area contributed by atoms with Crippen molar-refractivity contribution in [3.8, 4) is 0 Å². The number of rotatable bonds is 4. The number of carbonyl (C=O) groups excluding carboxylic acids is 1. The van der Waals surface area contributed by atoms with Crippen LogP contribution in [0.4, 0.5) is 4.39 Å². The summed E-state index contributed by atoms with van der Waals surface area (Å²) in [6.07, 6.45) is 1.65. The molecule has 0 amide bonds. The maximum absolute atomic E-state index is 12.9. The highest BCUT2D eigenvalue weighted by atomic mass is 35.5. The van der Waals surface area contributed by atoms with Gasteiger partial charge in [0.15, 0.2) is 0 Å². The Morgan fingerprint density at radius 2 is 1.67 bits per heavy atom.